The van der Waals surface area contributed by atoms with Gasteiger partial charge < -0.3 is 29.7 Å². The molecule has 3 aliphatic rings. The lowest BCUT2D eigenvalue weighted by molar-refractivity contribution is 0.487. The third-order valence-electron chi connectivity index (χ3n) is 18.2. The zero-order valence-electron chi connectivity index (χ0n) is 50.3. The topological polar surface area (TPSA) is 34.2 Å². The molecule has 0 atom stereocenters. The number of nitrogens with one attached hydrogen (secondary N) is 1. The summed E-state index contributed by atoms with van der Waals surface area (Å²) >= 11 is 0. The van der Waals surface area contributed by atoms with Crippen molar-refractivity contribution in [2.75, 3.05) is 24.9 Å². The summed E-state index contributed by atoms with van der Waals surface area (Å²) < 4.78 is 7.31. The zero-order valence-corrected chi connectivity index (χ0v) is 50.3. The fraction of sp³-hybridized carbons (Fsp3) is 0. The summed E-state index contributed by atoms with van der Waals surface area (Å²) in [5.41, 5.74) is 25.8. The lowest BCUT2D eigenvalue weighted by Gasteiger charge is -2.45. The Bertz CT molecular complexity index is 4860. The second-order valence-electron chi connectivity index (χ2n) is 23.6. The molecule has 0 unspecified atom stereocenters. The van der Waals surface area contributed by atoms with Crippen LogP contribution >= 0.6 is 0 Å². The van der Waals surface area contributed by atoms with Crippen molar-refractivity contribution in [1.29, 1.82) is 0 Å². The first kappa shape index (κ1) is 54.2. The average molecular weight is 1180 g/mol. The van der Waals surface area contributed by atoms with E-state index in [0.717, 1.165) is 130 Å². The molecule has 14 aromatic carbocycles. The molecule has 0 aromatic heterocycles. The zero-order chi connectivity index (χ0) is 60.9. The molecule has 1 N–H and O–H groups in total. The van der Waals surface area contributed by atoms with Crippen molar-refractivity contribution in [2.24, 2.45) is 0 Å². The Labute approximate surface area is 538 Å². The van der Waals surface area contributed by atoms with E-state index in [0.29, 0.717) is 0 Å². The molecule has 3 heterocycles. The van der Waals surface area contributed by atoms with Crippen LogP contribution in [0.3, 0.4) is 0 Å². The quantitative estimate of drug-likeness (QED) is 0.116. The van der Waals surface area contributed by atoms with Gasteiger partial charge in [-0.25, -0.2) is 0 Å². The molecule has 8 heteroatoms. The van der Waals surface area contributed by atoms with Gasteiger partial charge in [0.15, 0.2) is 0 Å². The van der Waals surface area contributed by atoms with Crippen molar-refractivity contribution in [1.82, 2.24) is 0 Å². The number of ether oxygens (including phenoxy) is 1. The van der Waals surface area contributed by atoms with E-state index in [4.69, 9.17) is 4.74 Å². The van der Waals surface area contributed by atoms with Gasteiger partial charge in [-0.2, -0.15) is 0 Å². The van der Waals surface area contributed by atoms with Crippen molar-refractivity contribution >= 4 is 126 Å². The van der Waals surface area contributed by atoms with Gasteiger partial charge >= 0.3 is 0 Å². The van der Waals surface area contributed by atoms with Crippen molar-refractivity contribution < 1.29 is 4.74 Å². The Morgan fingerprint density at radius 1 is 0.293 bits per heavy atom. The van der Waals surface area contributed by atoms with E-state index in [-0.39, 0.29) is 13.4 Å². The largest absolute Gasteiger partial charge is 0.458 e. The van der Waals surface area contributed by atoms with Crippen LogP contribution in [-0.4, -0.2) is 13.4 Å². The Morgan fingerprint density at radius 2 is 0.728 bits per heavy atom. The van der Waals surface area contributed by atoms with Crippen molar-refractivity contribution in [2.45, 2.75) is 0 Å². The van der Waals surface area contributed by atoms with Crippen LogP contribution in [0.1, 0.15) is 0 Å². The van der Waals surface area contributed by atoms with Gasteiger partial charge in [0.05, 0.1) is 17.1 Å². The molecule has 0 spiro atoms. The van der Waals surface area contributed by atoms with E-state index in [1.54, 1.807) is 0 Å². The van der Waals surface area contributed by atoms with Crippen LogP contribution in [0.15, 0.2) is 352 Å². The summed E-state index contributed by atoms with van der Waals surface area (Å²) in [6.45, 7) is -0.513. The molecular formula is C84H59B2N5O. The third kappa shape index (κ3) is 9.47. The average Bonchev–Trinajstić information content (AvgIpc) is 0.700. The monoisotopic (exact) mass is 1180 g/mol. The number of rotatable bonds is 13. The Hall–Kier alpha value is -12.0. The van der Waals surface area contributed by atoms with Gasteiger partial charge in [0.25, 0.3) is 6.71 Å². The van der Waals surface area contributed by atoms with Gasteiger partial charge in [0.1, 0.15) is 11.5 Å². The standard InChI is InChI=1S/C84H59B2N5O/c1-10-31-59(32-11-1)70-49-30-50-71(60-33-12-2-13-34-60)84(70)91-77-58-76-74(86-72-51-28-29-52-80(72)92-81-56-69(55-79(83(81)86)90(76)67-47-26-9-27-48-67)89(65-43-22-7-23-44-65)66-45-24-8-25-46-66)57-73(77)85(61-35-14-3-15-36-61)82-75(87-62-37-16-4-17-38-62)53-68(54-78(82)91)88(63-39-18-5-19-40-63)64-41-20-6-21-42-64/h1-58,87H. The van der Waals surface area contributed by atoms with Gasteiger partial charge in [-0.05, 0) is 142 Å². The molecule has 0 radical (unpaired) electrons. The highest BCUT2D eigenvalue weighted by atomic mass is 16.5. The molecule has 0 fully saturated rings. The maximum Gasteiger partial charge on any atom is 0.256 e. The first-order valence-corrected chi connectivity index (χ1v) is 31.6. The van der Waals surface area contributed by atoms with Crippen molar-refractivity contribution in [3.63, 3.8) is 0 Å². The summed E-state index contributed by atoms with van der Waals surface area (Å²) in [4.78, 5) is 9.89. The summed E-state index contributed by atoms with van der Waals surface area (Å²) in [6.07, 6.45) is 0. The second-order valence-corrected chi connectivity index (χ2v) is 23.6. The van der Waals surface area contributed by atoms with Crippen LogP contribution < -0.4 is 62.4 Å². The van der Waals surface area contributed by atoms with Gasteiger partial charge in [-0.1, -0.05) is 248 Å². The molecule has 0 saturated carbocycles. The van der Waals surface area contributed by atoms with Crippen molar-refractivity contribution in [3.8, 4) is 33.8 Å². The Balaban J connectivity index is 1.03. The minimum absolute atomic E-state index is 0.224. The van der Waals surface area contributed by atoms with E-state index in [9.17, 15) is 0 Å². The summed E-state index contributed by atoms with van der Waals surface area (Å²) in [5, 5.41) is 4.13. The van der Waals surface area contributed by atoms with Crippen LogP contribution in [0.5, 0.6) is 11.5 Å². The highest BCUT2D eigenvalue weighted by molar-refractivity contribution is 7.02. The molecule has 0 saturated heterocycles. The smallest absolute Gasteiger partial charge is 0.256 e. The van der Waals surface area contributed by atoms with Gasteiger partial charge in [0.2, 0.25) is 6.71 Å². The van der Waals surface area contributed by atoms with Crippen LogP contribution in [0.25, 0.3) is 22.3 Å². The fourth-order valence-electron chi connectivity index (χ4n) is 14.4. The predicted octanol–water partition coefficient (Wildman–Crippen LogP) is 18.4. The number of benzene rings is 14. The minimum atomic E-state index is -0.289. The van der Waals surface area contributed by atoms with Crippen molar-refractivity contribution in [3.05, 3.63) is 352 Å². The maximum atomic E-state index is 7.31. The number of anilines is 14. The highest BCUT2D eigenvalue weighted by Gasteiger charge is 2.47. The second kappa shape index (κ2) is 23.2. The molecule has 17 rings (SSSR count). The van der Waals surface area contributed by atoms with Crippen LogP contribution in [-0.2, 0) is 0 Å². The van der Waals surface area contributed by atoms with Gasteiger partial charge in [0, 0.05) is 79.8 Å². The van der Waals surface area contributed by atoms with E-state index >= 15 is 0 Å². The number of nitrogens with zero attached hydrogens (tertiary/aromatic N) is 4. The molecule has 92 heavy (non-hydrogen) atoms. The van der Waals surface area contributed by atoms with E-state index in [1.165, 1.54) is 16.4 Å². The van der Waals surface area contributed by atoms with E-state index in [2.05, 4.69) is 377 Å². The fourth-order valence-corrected chi connectivity index (χ4v) is 14.4. The van der Waals surface area contributed by atoms with Crippen LogP contribution in [0.4, 0.5) is 79.6 Å². The molecule has 0 amide bonds. The van der Waals surface area contributed by atoms with Crippen LogP contribution in [0.2, 0.25) is 0 Å². The van der Waals surface area contributed by atoms with Gasteiger partial charge in [-0.15, -0.1) is 0 Å². The van der Waals surface area contributed by atoms with Crippen LogP contribution in [0, 0.1) is 0 Å². The molecular weight excluding hydrogens is 1120 g/mol. The number of fused-ring (bicyclic) bond motifs is 6. The summed E-state index contributed by atoms with van der Waals surface area (Å²) in [5.74, 6) is 1.66. The molecule has 432 valence electrons. The highest BCUT2D eigenvalue weighted by Crippen LogP contribution is 2.52. The minimum Gasteiger partial charge on any atom is -0.458 e. The molecule has 6 nitrogen and oxygen atoms in total. The first-order valence-electron chi connectivity index (χ1n) is 31.6. The number of hydrogen-bond donors (Lipinski definition) is 1. The molecule has 3 aliphatic heterocycles. The predicted molar refractivity (Wildman–Crippen MR) is 388 cm³/mol. The number of hydrogen-bond acceptors (Lipinski definition) is 6. The van der Waals surface area contributed by atoms with E-state index in [1.807, 2.05) is 0 Å². The summed E-state index contributed by atoms with van der Waals surface area (Å²) in [7, 11) is 0. The number of para-hydroxylation sites is 8. The third-order valence-corrected chi connectivity index (χ3v) is 18.2. The Morgan fingerprint density at radius 3 is 1.27 bits per heavy atom. The maximum absolute atomic E-state index is 7.31. The lowest BCUT2D eigenvalue weighted by Crippen LogP contribution is -2.63. The Kier molecular flexibility index (Phi) is 13.7. The molecule has 14 aromatic rings. The molecule has 0 aliphatic carbocycles. The van der Waals surface area contributed by atoms with Gasteiger partial charge in [-0.3, -0.25) is 0 Å². The first-order chi connectivity index (χ1) is 45.7. The summed E-state index contributed by atoms with van der Waals surface area (Å²) in [6, 6.07) is 128. The lowest BCUT2D eigenvalue weighted by atomic mass is 9.31. The normalized spacial score (nSPS) is 12.3. The molecule has 0 bridgehead atoms. The van der Waals surface area contributed by atoms with E-state index < -0.39 is 0 Å². The SMILES string of the molecule is c1ccc(Nc2cc(N(c3ccccc3)c3ccccc3)cc3c2B(c2ccccc2)c2cc4c(cc2N3c2c(-c3ccccc3)cccc2-c2ccccc2)N(c2ccccc2)c2cc(N(c3ccccc3)c3ccccc3)cc3c2B4c2ccccc2O3)cc1.